The molecule has 0 N–H and O–H groups in total. The number of rotatable bonds is 7. The van der Waals surface area contributed by atoms with E-state index in [2.05, 4.69) is 57.6 Å². The first-order chi connectivity index (χ1) is 13.0. The third-order valence-electron chi connectivity index (χ3n) is 5.99. The summed E-state index contributed by atoms with van der Waals surface area (Å²) in [4.78, 5) is 6.55. The van der Waals surface area contributed by atoms with Gasteiger partial charge in [0.05, 0.1) is 0 Å². The van der Waals surface area contributed by atoms with Crippen molar-refractivity contribution in [2.24, 2.45) is 0 Å². The van der Waals surface area contributed by atoms with Gasteiger partial charge in [0.15, 0.2) is 0 Å². The lowest BCUT2D eigenvalue weighted by Gasteiger charge is -2.42. The number of piperidine rings is 1. The van der Waals surface area contributed by atoms with E-state index >= 15 is 0 Å². The van der Waals surface area contributed by atoms with E-state index in [1.54, 1.807) is 4.31 Å². The Morgan fingerprint density at radius 1 is 1.18 bits per heavy atom. The van der Waals surface area contributed by atoms with E-state index in [4.69, 9.17) is 4.74 Å². The van der Waals surface area contributed by atoms with Gasteiger partial charge < -0.3 is 9.64 Å². The lowest BCUT2D eigenvalue weighted by molar-refractivity contribution is 0.0702. The molecule has 0 unspecified atom stereocenters. The van der Waals surface area contributed by atoms with Gasteiger partial charge in [-0.25, -0.2) is 13.1 Å². The highest BCUT2D eigenvalue weighted by Gasteiger charge is 2.44. The molecule has 0 bridgehead atoms. The largest absolute Gasteiger partial charge is 0.359 e. The molecule has 160 valence electrons. The topological polar surface area (TPSA) is 80.6 Å². The molecule has 2 saturated heterocycles. The van der Waals surface area contributed by atoms with Crippen LogP contribution in [0.25, 0.3) is 0 Å². The summed E-state index contributed by atoms with van der Waals surface area (Å²) in [6.07, 6.45) is 4.08. The van der Waals surface area contributed by atoms with Gasteiger partial charge in [0.25, 0.3) is 15.2 Å². The molecule has 2 aliphatic rings. The predicted molar refractivity (Wildman–Crippen MR) is 114 cm³/mol. The molecule has 1 aromatic rings. The van der Waals surface area contributed by atoms with E-state index in [0.29, 0.717) is 19.7 Å². The molecule has 2 fully saturated rings. The van der Waals surface area contributed by atoms with Crippen LogP contribution < -0.4 is 0 Å². The van der Waals surface area contributed by atoms with Crippen molar-refractivity contribution >= 4 is 34.0 Å². The van der Waals surface area contributed by atoms with Crippen molar-refractivity contribution in [2.75, 3.05) is 33.3 Å². The Hall–Kier alpha value is -0.333. The number of hydrogen-bond donors (Lipinski definition) is 0. The van der Waals surface area contributed by atoms with Gasteiger partial charge in [-0.15, -0.1) is 5.10 Å². The monoisotopic (exact) mass is 493 g/mol. The van der Waals surface area contributed by atoms with Gasteiger partial charge in [0.2, 0.25) is 4.73 Å². The van der Waals surface area contributed by atoms with Crippen LogP contribution in [0.2, 0.25) is 25.7 Å². The van der Waals surface area contributed by atoms with E-state index in [9.17, 15) is 8.42 Å². The molecule has 2 aliphatic heterocycles. The maximum absolute atomic E-state index is 13.2. The van der Waals surface area contributed by atoms with Crippen molar-refractivity contribution in [3.05, 3.63) is 4.73 Å². The van der Waals surface area contributed by atoms with Crippen molar-refractivity contribution in [1.82, 2.24) is 24.0 Å². The number of ether oxygens (including phenoxy) is 1. The first-order valence-electron chi connectivity index (χ1n) is 9.93. The summed E-state index contributed by atoms with van der Waals surface area (Å²) in [7, 11) is -2.74. The summed E-state index contributed by atoms with van der Waals surface area (Å²) in [6.45, 7) is 9.68. The van der Waals surface area contributed by atoms with E-state index in [1.807, 2.05) is 0 Å². The van der Waals surface area contributed by atoms with Gasteiger partial charge >= 0.3 is 0 Å². The summed E-state index contributed by atoms with van der Waals surface area (Å²) in [5.41, 5.74) is 0.167. The van der Waals surface area contributed by atoms with Crippen LogP contribution >= 0.6 is 15.9 Å². The zero-order chi connectivity index (χ0) is 20.6. The Labute approximate surface area is 177 Å². The highest BCUT2D eigenvalue weighted by Crippen LogP contribution is 2.38. The molecule has 0 atom stereocenters. The van der Waals surface area contributed by atoms with E-state index < -0.39 is 18.1 Å². The summed E-state index contributed by atoms with van der Waals surface area (Å²) in [5, 5.41) is 4.14. The van der Waals surface area contributed by atoms with Crippen LogP contribution in [-0.4, -0.2) is 79.3 Å². The third-order valence-corrected chi connectivity index (χ3v) is 9.84. The quantitative estimate of drug-likeness (QED) is 0.428. The van der Waals surface area contributed by atoms with Crippen molar-refractivity contribution in [2.45, 2.75) is 68.8 Å². The molecule has 8 nitrogen and oxygen atoms in total. The van der Waals surface area contributed by atoms with Gasteiger partial charge in [-0.05, 0) is 61.2 Å². The second-order valence-electron chi connectivity index (χ2n) is 9.16. The highest BCUT2D eigenvalue weighted by atomic mass is 79.9. The zero-order valence-electron chi connectivity index (χ0n) is 17.3. The molecule has 0 radical (unpaired) electrons. The van der Waals surface area contributed by atoms with Gasteiger partial charge in [-0.2, -0.15) is 9.29 Å². The molecular weight excluding hydrogens is 462 g/mol. The minimum absolute atomic E-state index is 0.0388. The fourth-order valence-electron chi connectivity index (χ4n) is 4.07. The summed E-state index contributed by atoms with van der Waals surface area (Å²) in [5.74, 6) is 0. The van der Waals surface area contributed by atoms with E-state index in [-0.39, 0.29) is 22.2 Å². The van der Waals surface area contributed by atoms with E-state index in [0.717, 1.165) is 31.9 Å². The van der Waals surface area contributed by atoms with Gasteiger partial charge in [0, 0.05) is 33.3 Å². The van der Waals surface area contributed by atoms with Crippen LogP contribution in [0.5, 0.6) is 0 Å². The Kier molecular flexibility index (Phi) is 6.73. The normalized spacial score (nSPS) is 21.6. The standard InChI is InChI=1S/C17H32BrN5O3SSi/c1-21-9-5-6-17(21)7-10-22(11-8-17)27(24,25)16-19-15(18)20-23(16)14-26-12-13-28(2,3)4/h5-14H2,1-4H3. The second kappa shape index (κ2) is 8.42. The number of likely N-dealkylation sites (tertiary alicyclic amines) is 1. The zero-order valence-corrected chi connectivity index (χ0v) is 20.7. The third kappa shape index (κ3) is 4.86. The van der Waals surface area contributed by atoms with Gasteiger partial charge in [-0.3, -0.25) is 0 Å². The Bertz CT molecular complexity index is 787. The molecule has 1 spiro atoms. The number of aromatic nitrogens is 3. The maximum Gasteiger partial charge on any atom is 0.278 e. The molecule has 3 heterocycles. The van der Waals surface area contributed by atoms with Crippen LogP contribution in [0, 0.1) is 0 Å². The molecule has 11 heteroatoms. The number of nitrogens with zero attached hydrogens (tertiary/aromatic N) is 5. The Morgan fingerprint density at radius 2 is 1.86 bits per heavy atom. The molecule has 0 aromatic carbocycles. The van der Waals surface area contributed by atoms with Crippen LogP contribution in [0.1, 0.15) is 25.7 Å². The minimum Gasteiger partial charge on any atom is -0.359 e. The van der Waals surface area contributed by atoms with Crippen LogP contribution in [-0.2, 0) is 21.5 Å². The molecule has 0 saturated carbocycles. The summed E-state index contributed by atoms with van der Waals surface area (Å²) in [6, 6.07) is 1.02. The molecular formula is C17H32BrN5O3SSi. The summed E-state index contributed by atoms with van der Waals surface area (Å²) >= 11 is 3.22. The number of sulfonamides is 1. The number of halogens is 1. The summed E-state index contributed by atoms with van der Waals surface area (Å²) < 4.78 is 35.3. The molecule has 3 rings (SSSR count). The van der Waals surface area contributed by atoms with Gasteiger partial charge in [-0.1, -0.05) is 19.6 Å². The SMILES string of the molecule is CN1CCCC12CCN(S(=O)(=O)c1nc(Br)nn1COCC[Si](C)(C)C)CC2. The average Bonchev–Trinajstić information content (AvgIpc) is 3.15. The fraction of sp³-hybridized carbons (Fsp3) is 0.882. The molecule has 28 heavy (non-hydrogen) atoms. The molecule has 0 amide bonds. The lowest BCUT2D eigenvalue weighted by Crippen LogP contribution is -2.52. The van der Waals surface area contributed by atoms with Crippen LogP contribution in [0.3, 0.4) is 0 Å². The van der Waals surface area contributed by atoms with Crippen molar-refractivity contribution in [1.29, 1.82) is 0 Å². The van der Waals surface area contributed by atoms with Crippen molar-refractivity contribution in [3.63, 3.8) is 0 Å². The minimum atomic E-state index is -3.70. The van der Waals surface area contributed by atoms with Gasteiger partial charge in [0.1, 0.15) is 6.73 Å². The van der Waals surface area contributed by atoms with E-state index in [1.165, 1.54) is 11.1 Å². The highest BCUT2D eigenvalue weighted by molar-refractivity contribution is 9.10. The first kappa shape index (κ1) is 22.4. The van der Waals surface area contributed by atoms with Crippen LogP contribution in [0.4, 0.5) is 0 Å². The van der Waals surface area contributed by atoms with Crippen LogP contribution in [0.15, 0.2) is 9.89 Å². The Morgan fingerprint density at radius 3 is 2.43 bits per heavy atom. The fourth-order valence-corrected chi connectivity index (χ4v) is 6.76. The average molecular weight is 495 g/mol. The smallest absolute Gasteiger partial charge is 0.278 e. The predicted octanol–water partition coefficient (Wildman–Crippen LogP) is 2.60. The first-order valence-corrected chi connectivity index (χ1v) is 15.9. The number of hydrogen-bond acceptors (Lipinski definition) is 6. The molecule has 0 aliphatic carbocycles. The maximum atomic E-state index is 13.2. The lowest BCUT2D eigenvalue weighted by atomic mass is 9.86. The van der Waals surface area contributed by atoms with Crippen molar-refractivity contribution < 1.29 is 13.2 Å². The van der Waals surface area contributed by atoms with Crippen molar-refractivity contribution in [3.8, 4) is 0 Å². The Balaban J connectivity index is 1.67. The molecule has 1 aromatic heterocycles. The second-order valence-corrected chi connectivity index (χ2v) is 17.3.